The van der Waals surface area contributed by atoms with Gasteiger partial charge in [0.15, 0.2) is 5.96 Å². The molecule has 6 heteroatoms. The highest BCUT2D eigenvalue weighted by Crippen LogP contribution is 2.15. The number of nitrogens with zero attached hydrogens (tertiary/aromatic N) is 2. The smallest absolute Gasteiger partial charge is 0.222 e. The van der Waals surface area contributed by atoms with Crippen molar-refractivity contribution in [1.82, 2.24) is 15.5 Å². The molecule has 1 fully saturated rings. The Morgan fingerprint density at radius 1 is 1.32 bits per heavy atom. The number of guanidine groups is 1. The van der Waals surface area contributed by atoms with Gasteiger partial charge in [-0.05, 0) is 30.9 Å². The van der Waals surface area contributed by atoms with Gasteiger partial charge in [-0.15, -0.1) is 0 Å². The molecule has 0 atom stereocenters. The Labute approximate surface area is 150 Å². The molecule has 6 nitrogen and oxygen atoms in total. The zero-order chi connectivity index (χ0) is 17.9. The van der Waals surface area contributed by atoms with Crippen LogP contribution in [0.25, 0.3) is 0 Å². The SMILES string of the molecule is CCOCCCNC(=NC)NCc1cccc(CN2CCCC2=O)c1. The summed E-state index contributed by atoms with van der Waals surface area (Å²) in [4.78, 5) is 17.9. The summed E-state index contributed by atoms with van der Waals surface area (Å²) in [5, 5.41) is 6.61. The number of aliphatic imine (C=N–C) groups is 1. The predicted molar refractivity (Wildman–Crippen MR) is 100 cm³/mol. The van der Waals surface area contributed by atoms with Crippen molar-refractivity contribution in [3.05, 3.63) is 35.4 Å². The molecule has 2 rings (SSSR count). The number of rotatable bonds is 9. The molecule has 0 aliphatic carbocycles. The monoisotopic (exact) mass is 346 g/mol. The maximum atomic E-state index is 11.8. The van der Waals surface area contributed by atoms with E-state index >= 15 is 0 Å². The van der Waals surface area contributed by atoms with Gasteiger partial charge in [0.1, 0.15) is 0 Å². The van der Waals surface area contributed by atoms with Crippen LogP contribution >= 0.6 is 0 Å². The van der Waals surface area contributed by atoms with E-state index in [9.17, 15) is 4.79 Å². The highest BCUT2D eigenvalue weighted by Gasteiger charge is 2.19. The first-order valence-electron chi connectivity index (χ1n) is 9.10. The third kappa shape index (κ3) is 6.74. The molecule has 0 aromatic heterocycles. The largest absolute Gasteiger partial charge is 0.382 e. The van der Waals surface area contributed by atoms with Crippen LogP contribution in [0.5, 0.6) is 0 Å². The molecule has 0 unspecified atom stereocenters. The second kappa shape index (κ2) is 10.7. The molecule has 1 aromatic rings. The van der Waals surface area contributed by atoms with Gasteiger partial charge in [-0.1, -0.05) is 24.3 Å². The van der Waals surface area contributed by atoms with Gasteiger partial charge >= 0.3 is 0 Å². The summed E-state index contributed by atoms with van der Waals surface area (Å²) in [6, 6.07) is 8.37. The van der Waals surface area contributed by atoms with E-state index in [-0.39, 0.29) is 5.91 Å². The van der Waals surface area contributed by atoms with Gasteiger partial charge in [0.05, 0.1) is 0 Å². The molecule has 0 radical (unpaired) electrons. The van der Waals surface area contributed by atoms with Crippen molar-refractivity contribution < 1.29 is 9.53 Å². The van der Waals surface area contributed by atoms with Crippen molar-refractivity contribution in [3.8, 4) is 0 Å². The van der Waals surface area contributed by atoms with E-state index in [4.69, 9.17) is 4.74 Å². The Morgan fingerprint density at radius 3 is 2.88 bits per heavy atom. The topological polar surface area (TPSA) is 66.0 Å². The van der Waals surface area contributed by atoms with Gasteiger partial charge in [0.25, 0.3) is 0 Å². The van der Waals surface area contributed by atoms with Crippen LogP contribution in [0.15, 0.2) is 29.3 Å². The minimum absolute atomic E-state index is 0.264. The van der Waals surface area contributed by atoms with Gasteiger partial charge in [0, 0.05) is 52.9 Å². The first kappa shape index (κ1) is 19.2. The van der Waals surface area contributed by atoms with E-state index in [1.54, 1.807) is 7.05 Å². The number of hydrogen-bond donors (Lipinski definition) is 2. The minimum atomic E-state index is 0.264. The quantitative estimate of drug-likeness (QED) is 0.407. The Bertz CT molecular complexity index is 574. The molecule has 1 amide bonds. The van der Waals surface area contributed by atoms with Crippen molar-refractivity contribution in [3.63, 3.8) is 0 Å². The van der Waals surface area contributed by atoms with E-state index in [0.717, 1.165) is 45.1 Å². The summed E-state index contributed by atoms with van der Waals surface area (Å²) < 4.78 is 5.33. The molecule has 1 aliphatic rings. The summed E-state index contributed by atoms with van der Waals surface area (Å²) in [7, 11) is 1.77. The standard InChI is InChI=1S/C19H30N4O2/c1-3-25-12-6-10-21-19(20-2)22-14-16-7-4-8-17(13-16)15-23-11-5-9-18(23)24/h4,7-8,13H,3,5-6,9-12,14-15H2,1-2H3,(H2,20,21,22). The van der Waals surface area contributed by atoms with Crippen molar-refractivity contribution in [1.29, 1.82) is 0 Å². The molecule has 0 spiro atoms. The number of likely N-dealkylation sites (tertiary alicyclic amines) is 1. The van der Waals surface area contributed by atoms with Gasteiger partial charge in [-0.25, -0.2) is 0 Å². The minimum Gasteiger partial charge on any atom is -0.382 e. The summed E-state index contributed by atoms with van der Waals surface area (Å²) in [5.74, 6) is 1.05. The Balaban J connectivity index is 1.77. The molecule has 0 bridgehead atoms. The van der Waals surface area contributed by atoms with E-state index in [1.807, 2.05) is 17.9 Å². The summed E-state index contributed by atoms with van der Waals surface area (Å²) in [6.07, 6.45) is 2.62. The van der Waals surface area contributed by atoms with Crippen LogP contribution in [0, 0.1) is 0 Å². The number of hydrogen-bond acceptors (Lipinski definition) is 3. The normalized spacial score (nSPS) is 14.9. The van der Waals surface area contributed by atoms with Gasteiger partial charge in [0.2, 0.25) is 5.91 Å². The van der Waals surface area contributed by atoms with Gasteiger partial charge in [-0.2, -0.15) is 0 Å². The summed E-state index contributed by atoms with van der Waals surface area (Å²) in [6.45, 7) is 6.63. The van der Waals surface area contributed by atoms with Crippen molar-refractivity contribution >= 4 is 11.9 Å². The predicted octanol–water partition coefficient (Wildman–Crippen LogP) is 1.90. The zero-order valence-corrected chi connectivity index (χ0v) is 15.4. The second-order valence-corrected chi connectivity index (χ2v) is 6.14. The molecule has 1 heterocycles. The fourth-order valence-electron chi connectivity index (χ4n) is 2.86. The number of nitrogens with one attached hydrogen (secondary N) is 2. The molecular weight excluding hydrogens is 316 g/mol. The number of ether oxygens (including phenoxy) is 1. The van der Waals surface area contributed by atoms with Crippen LogP contribution in [-0.2, 0) is 22.6 Å². The molecule has 1 aliphatic heterocycles. The fourth-order valence-corrected chi connectivity index (χ4v) is 2.86. The number of carbonyl (C=O) groups excluding carboxylic acids is 1. The summed E-state index contributed by atoms with van der Waals surface area (Å²) in [5.41, 5.74) is 2.36. The van der Waals surface area contributed by atoms with Crippen molar-refractivity contribution in [2.24, 2.45) is 4.99 Å². The molecule has 0 saturated carbocycles. The molecule has 1 aromatic carbocycles. The molecule has 138 valence electrons. The first-order valence-corrected chi connectivity index (χ1v) is 9.10. The molecule has 25 heavy (non-hydrogen) atoms. The van der Waals surface area contributed by atoms with Crippen LogP contribution in [0.4, 0.5) is 0 Å². The Hall–Kier alpha value is -2.08. The number of carbonyl (C=O) groups is 1. The van der Waals surface area contributed by atoms with Crippen LogP contribution in [0.1, 0.15) is 37.3 Å². The third-order valence-corrected chi connectivity index (χ3v) is 4.18. The zero-order valence-electron chi connectivity index (χ0n) is 15.4. The Morgan fingerprint density at radius 2 is 2.16 bits per heavy atom. The maximum Gasteiger partial charge on any atom is 0.222 e. The lowest BCUT2D eigenvalue weighted by molar-refractivity contribution is -0.128. The highest BCUT2D eigenvalue weighted by atomic mass is 16.5. The lowest BCUT2D eigenvalue weighted by atomic mass is 10.1. The van der Waals surface area contributed by atoms with Crippen LogP contribution in [0.2, 0.25) is 0 Å². The summed E-state index contributed by atoms with van der Waals surface area (Å²) >= 11 is 0. The maximum absolute atomic E-state index is 11.8. The fraction of sp³-hybridized carbons (Fsp3) is 0.579. The average Bonchev–Trinajstić information content (AvgIpc) is 3.02. The first-order chi connectivity index (χ1) is 12.2. The van der Waals surface area contributed by atoms with Crippen molar-refractivity contribution in [2.45, 2.75) is 39.3 Å². The lowest BCUT2D eigenvalue weighted by Gasteiger charge is -2.16. The Kier molecular flexibility index (Phi) is 8.25. The van der Waals surface area contributed by atoms with E-state index in [1.165, 1.54) is 11.1 Å². The average molecular weight is 346 g/mol. The molecule has 1 saturated heterocycles. The highest BCUT2D eigenvalue weighted by molar-refractivity contribution is 5.79. The van der Waals surface area contributed by atoms with E-state index in [2.05, 4.69) is 33.8 Å². The van der Waals surface area contributed by atoms with Crippen LogP contribution < -0.4 is 10.6 Å². The van der Waals surface area contributed by atoms with Crippen LogP contribution in [0.3, 0.4) is 0 Å². The van der Waals surface area contributed by atoms with Crippen LogP contribution in [-0.4, -0.2) is 50.1 Å². The molecule has 2 N–H and O–H groups in total. The second-order valence-electron chi connectivity index (χ2n) is 6.14. The number of benzene rings is 1. The third-order valence-electron chi connectivity index (χ3n) is 4.18. The van der Waals surface area contributed by atoms with Gasteiger partial charge in [-0.3, -0.25) is 9.79 Å². The molecular formula is C19H30N4O2. The van der Waals surface area contributed by atoms with Crippen molar-refractivity contribution in [2.75, 3.05) is 33.4 Å². The van der Waals surface area contributed by atoms with E-state index in [0.29, 0.717) is 19.5 Å². The van der Waals surface area contributed by atoms with E-state index < -0.39 is 0 Å². The lowest BCUT2D eigenvalue weighted by Crippen LogP contribution is -2.37. The van der Waals surface area contributed by atoms with Gasteiger partial charge < -0.3 is 20.3 Å². The number of amides is 1.